The number of carbonyl (C=O) groups is 6. The molecule has 16 nitrogen and oxygen atoms in total. The van der Waals surface area contributed by atoms with Gasteiger partial charge in [-0.2, -0.15) is 0 Å². The second kappa shape index (κ2) is 19.4. The zero-order valence-corrected chi connectivity index (χ0v) is 20.9. The number of carbonyl (C=O) groups excluding carboxylic acids is 5. The number of nitrogens with one attached hydrogen (secondary N) is 5. The lowest BCUT2D eigenvalue weighted by Crippen LogP contribution is -2.54. The summed E-state index contributed by atoms with van der Waals surface area (Å²) in [5.41, 5.74) is 20.9. The molecule has 0 aromatic carbocycles. The van der Waals surface area contributed by atoms with Crippen LogP contribution in [0, 0.1) is 0 Å². The molecule has 14 N–H and O–H groups in total. The third-order valence-electron chi connectivity index (χ3n) is 5.26. The van der Waals surface area contributed by atoms with Crippen LogP contribution in [0.15, 0.2) is 0 Å². The van der Waals surface area contributed by atoms with Crippen molar-refractivity contribution < 1.29 is 33.9 Å². The number of aliphatic carboxylic acids is 1. The molecule has 3 atom stereocenters. The Kier molecular flexibility index (Phi) is 17.4. The van der Waals surface area contributed by atoms with Crippen LogP contribution in [0.2, 0.25) is 0 Å². The molecule has 212 valence electrons. The molecule has 0 heterocycles. The number of hydrogen-bond acceptors (Lipinski definition) is 7. The number of unbranched alkanes of at least 4 members (excludes halogenated alkanes) is 3. The first-order valence-electron chi connectivity index (χ1n) is 12.1. The lowest BCUT2D eigenvalue weighted by atomic mass is 10.0. The Bertz CT molecular complexity index is 767. The van der Waals surface area contributed by atoms with Crippen LogP contribution in [0.25, 0.3) is 0 Å². The van der Waals surface area contributed by atoms with Crippen molar-refractivity contribution in [1.29, 1.82) is 0 Å². The zero-order valence-electron chi connectivity index (χ0n) is 20.9. The Labute approximate surface area is 215 Å². The van der Waals surface area contributed by atoms with Gasteiger partial charge in [0.25, 0.3) is 0 Å². The van der Waals surface area contributed by atoms with Crippen molar-refractivity contribution in [3.63, 3.8) is 0 Å². The van der Waals surface area contributed by atoms with E-state index in [1.54, 1.807) is 0 Å². The fourth-order valence-electron chi connectivity index (χ4n) is 3.28. The highest BCUT2D eigenvalue weighted by atomic mass is 16.4. The molecule has 37 heavy (non-hydrogen) atoms. The van der Waals surface area contributed by atoms with E-state index in [4.69, 9.17) is 22.9 Å². The van der Waals surface area contributed by atoms with Gasteiger partial charge in [-0.1, -0.05) is 0 Å². The standard InChI is InChI=1S/C21H41N9O7/c22-13(7-1-4-10-26-19(23)35)16(31)29-14(8-2-5-11-27-20(24)36)17(32)30-15(18(33)34)9-3-6-12-28-21(25)37/h13-15H,1-12,22H2,(H,29,31)(H,30,32)(H,33,34)(H3,23,26,35)(H3,24,27,36)(H3,25,28,37)/t13-,14-,15-/m0/s1. The maximum absolute atomic E-state index is 12.9. The van der Waals surface area contributed by atoms with Gasteiger partial charge in [-0.3, -0.25) is 9.59 Å². The fourth-order valence-corrected chi connectivity index (χ4v) is 3.28. The number of amides is 8. The Balaban J connectivity index is 4.95. The van der Waals surface area contributed by atoms with E-state index in [2.05, 4.69) is 26.6 Å². The van der Waals surface area contributed by atoms with Gasteiger partial charge in [-0.25, -0.2) is 19.2 Å². The lowest BCUT2D eigenvalue weighted by molar-refractivity contribution is -0.142. The van der Waals surface area contributed by atoms with Crippen LogP contribution in [0.1, 0.15) is 57.8 Å². The van der Waals surface area contributed by atoms with Crippen LogP contribution in [-0.2, 0) is 14.4 Å². The largest absolute Gasteiger partial charge is 0.480 e. The molecule has 0 fully saturated rings. The summed E-state index contributed by atoms with van der Waals surface area (Å²) in [5.74, 6) is -2.51. The first-order valence-corrected chi connectivity index (χ1v) is 12.1. The van der Waals surface area contributed by atoms with Crippen molar-refractivity contribution in [2.45, 2.75) is 75.9 Å². The summed E-state index contributed by atoms with van der Waals surface area (Å²) in [6.45, 7) is 0.876. The van der Waals surface area contributed by atoms with Gasteiger partial charge < -0.3 is 54.6 Å². The van der Waals surface area contributed by atoms with E-state index < -0.39 is 54.0 Å². The Morgan fingerprint density at radius 3 is 1.35 bits per heavy atom. The van der Waals surface area contributed by atoms with Crippen molar-refractivity contribution >= 4 is 35.9 Å². The van der Waals surface area contributed by atoms with E-state index in [9.17, 15) is 33.9 Å². The monoisotopic (exact) mass is 531 g/mol. The van der Waals surface area contributed by atoms with Crippen molar-refractivity contribution in [3.05, 3.63) is 0 Å². The SMILES string of the molecule is NC(=O)NCCCC[C@H](NC(=O)[C@H](CCCCNC(N)=O)NC(=O)[C@@H](N)CCCCNC(N)=O)C(=O)O. The Morgan fingerprint density at radius 1 is 0.568 bits per heavy atom. The maximum Gasteiger partial charge on any atom is 0.326 e. The minimum Gasteiger partial charge on any atom is -0.480 e. The van der Waals surface area contributed by atoms with Crippen molar-refractivity contribution in [3.8, 4) is 0 Å². The van der Waals surface area contributed by atoms with Gasteiger partial charge in [0.05, 0.1) is 6.04 Å². The van der Waals surface area contributed by atoms with E-state index in [0.717, 1.165) is 0 Å². The number of nitrogens with two attached hydrogens (primary N) is 4. The lowest BCUT2D eigenvalue weighted by Gasteiger charge is -2.23. The van der Waals surface area contributed by atoms with E-state index in [-0.39, 0.29) is 25.9 Å². The van der Waals surface area contributed by atoms with Gasteiger partial charge >= 0.3 is 24.1 Å². The first-order chi connectivity index (χ1) is 17.4. The topological polar surface area (TPSA) is 287 Å². The molecule has 0 bridgehead atoms. The quantitative estimate of drug-likeness (QED) is 0.0773. The summed E-state index contributed by atoms with van der Waals surface area (Å²) in [4.78, 5) is 69.3. The second-order valence-corrected chi connectivity index (χ2v) is 8.43. The fraction of sp³-hybridized carbons (Fsp3) is 0.714. The number of carboxylic acid groups (broad SMARTS) is 1. The minimum atomic E-state index is -1.24. The molecule has 8 amide bonds. The van der Waals surface area contributed by atoms with Crippen molar-refractivity contribution in [2.24, 2.45) is 22.9 Å². The molecule has 0 aromatic rings. The van der Waals surface area contributed by atoms with E-state index in [1.165, 1.54) is 0 Å². The van der Waals surface area contributed by atoms with Crippen LogP contribution in [-0.4, -0.2) is 78.7 Å². The molecule has 0 aliphatic rings. The molecular formula is C21H41N9O7. The molecule has 0 aromatic heterocycles. The summed E-state index contributed by atoms with van der Waals surface area (Å²) < 4.78 is 0. The predicted octanol–water partition coefficient (Wildman–Crippen LogP) is -2.12. The molecule has 0 saturated heterocycles. The summed E-state index contributed by atoms with van der Waals surface area (Å²) in [6.07, 6.45) is 3.38. The summed E-state index contributed by atoms with van der Waals surface area (Å²) in [5, 5.41) is 21.8. The normalized spacial score (nSPS) is 12.9. The maximum atomic E-state index is 12.9. The highest BCUT2D eigenvalue weighted by molar-refractivity contribution is 5.91. The molecule has 0 radical (unpaired) electrons. The zero-order chi connectivity index (χ0) is 28.2. The number of urea groups is 3. The van der Waals surface area contributed by atoms with Gasteiger partial charge in [0, 0.05) is 19.6 Å². The highest BCUT2D eigenvalue weighted by Gasteiger charge is 2.27. The summed E-state index contributed by atoms with van der Waals surface area (Å²) in [6, 6.07) is -5.20. The van der Waals surface area contributed by atoms with Crippen molar-refractivity contribution in [1.82, 2.24) is 26.6 Å². The third-order valence-corrected chi connectivity index (χ3v) is 5.26. The average molecular weight is 532 g/mol. The number of rotatable bonds is 20. The molecule has 0 aliphatic heterocycles. The van der Waals surface area contributed by atoms with Crippen molar-refractivity contribution in [2.75, 3.05) is 19.6 Å². The minimum absolute atomic E-state index is 0.101. The van der Waals surface area contributed by atoms with Gasteiger partial charge in [-0.05, 0) is 57.8 Å². The Morgan fingerprint density at radius 2 is 0.946 bits per heavy atom. The van der Waals surface area contributed by atoms with Crippen LogP contribution in [0.3, 0.4) is 0 Å². The van der Waals surface area contributed by atoms with Gasteiger partial charge in [0.15, 0.2) is 0 Å². The third kappa shape index (κ3) is 18.2. The van der Waals surface area contributed by atoms with E-state index >= 15 is 0 Å². The Hall–Kier alpha value is -3.82. The van der Waals surface area contributed by atoms with E-state index in [1.807, 2.05) is 0 Å². The van der Waals surface area contributed by atoms with Crippen LogP contribution >= 0.6 is 0 Å². The number of primary amides is 3. The van der Waals surface area contributed by atoms with Gasteiger partial charge in [0.2, 0.25) is 11.8 Å². The average Bonchev–Trinajstić information content (AvgIpc) is 2.80. The van der Waals surface area contributed by atoms with Crippen LogP contribution in [0.5, 0.6) is 0 Å². The molecule has 0 spiro atoms. The van der Waals surface area contributed by atoms with Gasteiger partial charge in [0.1, 0.15) is 12.1 Å². The van der Waals surface area contributed by atoms with Crippen LogP contribution in [0.4, 0.5) is 14.4 Å². The molecule has 0 rings (SSSR count). The molecular weight excluding hydrogens is 490 g/mol. The number of hydrogen-bond donors (Lipinski definition) is 10. The van der Waals surface area contributed by atoms with Crippen LogP contribution < -0.4 is 49.5 Å². The first kappa shape index (κ1) is 33.2. The highest BCUT2D eigenvalue weighted by Crippen LogP contribution is 2.07. The molecule has 0 aliphatic carbocycles. The smallest absolute Gasteiger partial charge is 0.326 e. The second-order valence-electron chi connectivity index (χ2n) is 8.43. The van der Waals surface area contributed by atoms with E-state index in [0.29, 0.717) is 51.5 Å². The predicted molar refractivity (Wildman–Crippen MR) is 134 cm³/mol. The molecule has 16 heteroatoms. The van der Waals surface area contributed by atoms with Gasteiger partial charge in [-0.15, -0.1) is 0 Å². The number of carboxylic acids is 1. The summed E-state index contributed by atoms with van der Waals surface area (Å²) >= 11 is 0. The molecule has 0 saturated carbocycles. The summed E-state index contributed by atoms with van der Waals surface area (Å²) in [7, 11) is 0. The molecule has 0 unspecified atom stereocenters.